The summed E-state index contributed by atoms with van der Waals surface area (Å²) in [5.74, 6) is 0.719. The molecule has 0 aliphatic rings. The second kappa shape index (κ2) is 6.82. The minimum atomic E-state index is -0.0148. The number of para-hydroxylation sites is 1. The first kappa shape index (κ1) is 12.5. The molecule has 0 aliphatic carbocycles. The zero-order chi connectivity index (χ0) is 11.1. The van der Waals surface area contributed by atoms with Crippen molar-refractivity contribution in [3.8, 4) is 5.75 Å². The van der Waals surface area contributed by atoms with Crippen molar-refractivity contribution >= 4 is 15.9 Å². The van der Waals surface area contributed by atoms with Crippen LogP contribution in [0.3, 0.4) is 0 Å². The monoisotopic (exact) mass is 274 g/mol. The van der Waals surface area contributed by atoms with E-state index in [-0.39, 0.29) is 6.61 Å². The van der Waals surface area contributed by atoms with Gasteiger partial charge >= 0.3 is 0 Å². The second-order valence-electron chi connectivity index (χ2n) is 3.08. The van der Waals surface area contributed by atoms with E-state index in [1.807, 2.05) is 18.2 Å². The average Bonchev–Trinajstić information content (AvgIpc) is 2.26. The van der Waals surface area contributed by atoms with Gasteiger partial charge in [0.1, 0.15) is 5.75 Å². The first-order valence-electron chi connectivity index (χ1n) is 4.79. The van der Waals surface area contributed by atoms with Crippen LogP contribution in [-0.4, -0.2) is 25.4 Å². The van der Waals surface area contributed by atoms with Crippen LogP contribution in [0.4, 0.5) is 0 Å². The van der Waals surface area contributed by atoms with Crippen LogP contribution in [0, 0.1) is 0 Å². The fourth-order valence-electron chi connectivity index (χ4n) is 1.22. The molecule has 0 atom stereocenters. The molecule has 0 fully saturated rings. The summed E-state index contributed by atoms with van der Waals surface area (Å²) in [5, 5.41) is 9.12. The Kier molecular flexibility index (Phi) is 5.68. The smallest absolute Gasteiger partial charge is 0.138 e. The Morgan fingerprint density at radius 2 is 2.13 bits per heavy atom. The molecule has 0 saturated carbocycles. The molecule has 1 rings (SSSR count). The van der Waals surface area contributed by atoms with Gasteiger partial charge in [0.2, 0.25) is 0 Å². The van der Waals surface area contributed by atoms with Crippen molar-refractivity contribution in [2.45, 2.75) is 13.0 Å². The molecule has 15 heavy (non-hydrogen) atoms. The molecular weight excluding hydrogens is 260 g/mol. The number of aliphatic hydroxyl groups is 1. The Balaban J connectivity index is 2.58. The molecule has 3 nitrogen and oxygen atoms in total. The number of benzene rings is 1. The van der Waals surface area contributed by atoms with Crippen molar-refractivity contribution < 1.29 is 14.6 Å². The maximum atomic E-state index is 9.12. The van der Waals surface area contributed by atoms with Crippen LogP contribution in [0.5, 0.6) is 5.75 Å². The number of rotatable bonds is 6. The summed E-state index contributed by atoms with van der Waals surface area (Å²) >= 11 is 3.39. The van der Waals surface area contributed by atoms with Gasteiger partial charge in [-0.3, -0.25) is 0 Å². The van der Waals surface area contributed by atoms with E-state index < -0.39 is 0 Å². The minimum absolute atomic E-state index is 0.0148. The predicted octanol–water partition coefficient (Wildman–Crippen LogP) is 2.36. The van der Waals surface area contributed by atoms with Gasteiger partial charge in [-0.1, -0.05) is 12.1 Å². The lowest BCUT2D eigenvalue weighted by atomic mass is 10.2. The van der Waals surface area contributed by atoms with Gasteiger partial charge in [-0.2, -0.15) is 0 Å². The molecule has 0 saturated heterocycles. The first-order valence-corrected chi connectivity index (χ1v) is 5.59. The summed E-state index contributed by atoms with van der Waals surface area (Å²) < 4.78 is 11.4. The zero-order valence-corrected chi connectivity index (χ0v) is 10.3. The lowest BCUT2D eigenvalue weighted by Gasteiger charge is -2.11. The third-order valence-corrected chi connectivity index (χ3v) is 2.58. The minimum Gasteiger partial charge on any atom is -0.492 e. The van der Waals surface area contributed by atoms with Gasteiger partial charge in [0.25, 0.3) is 0 Å². The molecule has 0 unspecified atom stereocenters. The van der Waals surface area contributed by atoms with Gasteiger partial charge in [-0.25, -0.2) is 0 Å². The lowest BCUT2D eigenvalue weighted by Crippen LogP contribution is -2.03. The van der Waals surface area contributed by atoms with Gasteiger partial charge in [0.05, 0.1) is 17.7 Å². The number of methoxy groups -OCH3 is 1. The molecule has 0 aliphatic heterocycles. The Labute approximate surface area is 98.1 Å². The Morgan fingerprint density at radius 1 is 1.33 bits per heavy atom. The van der Waals surface area contributed by atoms with Crippen molar-refractivity contribution in [2.75, 3.05) is 20.3 Å². The average molecular weight is 275 g/mol. The van der Waals surface area contributed by atoms with Crippen LogP contribution >= 0.6 is 15.9 Å². The zero-order valence-electron chi connectivity index (χ0n) is 8.70. The van der Waals surface area contributed by atoms with Crippen LogP contribution < -0.4 is 4.74 Å². The normalized spacial score (nSPS) is 10.3. The van der Waals surface area contributed by atoms with Crippen LogP contribution in [0.15, 0.2) is 22.7 Å². The molecule has 0 heterocycles. The molecule has 1 aromatic carbocycles. The number of ether oxygens (including phenoxy) is 2. The summed E-state index contributed by atoms with van der Waals surface area (Å²) in [4.78, 5) is 0. The van der Waals surface area contributed by atoms with E-state index in [0.717, 1.165) is 22.2 Å². The third-order valence-electron chi connectivity index (χ3n) is 1.96. The van der Waals surface area contributed by atoms with Crippen LogP contribution in [0.2, 0.25) is 0 Å². The molecule has 0 spiro atoms. The van der Waals surface area contributed by atoms with Crippen molar-refractivity contribution in [1.82, 2.24) is 0 Å². The fraction of sp³-hybridized carbons (Fsp3) is 0.455. The quantitative estimate of drug-likeness (QED) is 0.810. The summed E-state index contributed by atoms with van der Waals surface area (Å²) in [6, 6.07) is 5.61. The highest BCUT2D eigenvalue weighted by atomic mass is 79.9. The molecule has 0 radical (unpaired) electrons. The molecule has 4 heteroatoms. The fourth-order valence-corrected chi connectivity index (χ4v) is 1.74. The van der Waals surface area contributed by atoms with E-state index in [1.54, 1.807) is 7.11 Å². The Morgan fingerprint density at radius 3 is 2.80 bits per heavy atom. The third kappa shape index (κ3) is 3.81. The van der Waals surface area contributed by atoms with Crippen molar-refractivity contribution in [2.24, 2.45) is 0 Å². The van der Waals surface area contributed by atoms with Crippen molar-refractivity contribution in [3.05, 3.63) is 28.2 Å². The summed E-state index contributed by atoms with van der Waals surface area (Å²) in [6.45, 7) is 1.25. The van der Waals surface area contributed by atoms with Crippen LogP contribution in [0.25, 0.3) is 0 Å². The van der Waals surface area contributed by atoms with Gasteiger partial charge < -0.3 is 14.6 Å². The van der Waals surface area contributed by atoms with E-state index >= 15 is 0 Å². The first-order chi connectivity index (χ1) is 7.29. The van der Waals surface area contributed by atoms with Gasteiger partial charge in [-0.15, -0.1) is 0 Å². The summed E-state index contributed by atoms with van der Waals surface area (Å²) in [5.41, 5.74) is 0.793. The lowest BCUT2D eigenvalue weighted by molar-refractivity contribution is 0.170. The highest BCUT2D eigenvalue weighted by Crippen LogP contribution is 2.29. The summed E-state index contributed by atoms with van der Waals surface area (Å²) in [6.07, 6.45) is 0.836. The standard InChI is InChI=1S/C11H15BrO3/c1-14-6-3-7-15-11-9(8-13)4-2-5-10(11)12/h2,4-5,13H,3,6-8H2,1H3. The molecule has 1 aromatic rings. The van der Waals surface area contributed by atoms with E-state index in [9.17, 15) is 0 Å². The topological polar surface area (TPSA) is 38.7 Å². The van der Waals surface area contributed by atoms with Gasteiger partial charge in [-0.05, 0) is 22.0 Å². The molecule has 84 valence electrons. The van der Waals surface area contributed by atoms with E-state index in [4.69, 9.17) is 14.6 Å². The van der Waals surface area contributed by atoms with E-state index in [0.29, 0.717) is 13.2 Å². The van der Waals surface area contributed by atoms with Crippen LogP contribution in [-0.2, 0) is 11.3 Å². The van der Waals surface area contributed by atoms with Gasteiger partial charge in [0.15, 0.2) is 0 Å². The number of aliphatic hydroxyl groups excluding tert-OH is 1. The van der Waals surface area contributed by atoms with Crippen molar-refractivity contribution in [3.63, 3.8) is 0 Å². The molecule has 1 N–H and O–H groups in total. The van der Waals surface area contributed by atoms with E-state index in [2.05, 4.69) is 15.9 Å². The van der Waals surface area contributed by atoms with Gasteiger partial charge in [0, 0.05) is 25.7 Å². The highest BCUT2D eigenvalue weighted by molar-refractivity contribution is 9.10. The molecular formula is C11H15BrO3. The number of hydrogen-bond donors (Lipinski definition) is 1. The van der Waals surface area contributed by atoms with Crippen molar-refractivity contribution in [1.29, 1.82) is 0 Å². The maximum absolute atomic E-state index is 9.12. The SMILES string of the molecule is COCCCOc1c(Br)cccc1CO. The van der Waals surface area contributed by atoms with E-state index in [1.165, 1.54) is 0 Å². The van der Waals surface area contributed by atoms with Crippen LogP contribution in [0.1, 0.15) is 12.0 Å². The Bertz CT molecular complexity index is 302. The largest absolute Gasteiger partial charge is 0.492 e. The predicted molar refractivity (Wildman–Crippen MR) is 62.1 cm³/mol. The summed E-state index contributed by atoms with van der Waals surface area (Å²) in [7, 11) is 1.66. The second-order valence-corrected chi connectivity index (χ2v) is 3.94. The molecule has 0 aromatic heterocycles. The molecule has 0 bridgehead atoms. The Hall–Kier alpha value is -0.580. The number of hydrogen-bond acceptors (Lipinski definition) is 3. The molecule has 0 amide bonds. The maximum Gasteiger partial charge on any atom is 0.138 e. The number of halogens is 1. The highest BCUT2D eigenvalue weighted by Gasteiger charge is 2.06.